The molecule has 2 nitrogen and oxygen atoms in total. The van der Waals surface area contributed by atoms with E-state index in [1.165, 1.54) is 51.0 Å². The molecule has 1 saturated heterocycles. The van der Waals surface area contributed by atoms with Crippen LogP contribution in [0, 0.1) is 0 Å². The third-order valence-electron chi connectivity index (χ3n) is 5.62. The molecule has 3 rings (SSSR count). The zero-order chi connectivity index (χ0) is 15.7. The molecule has 0 radical (unpaired) electrons. The van der Waals surface area contributed by atoms with Gasteiger partial charge in [0.2, 0.25) is 0 Å². The van der Waals surface area contributed by atoms with Crippen LogP contribution in [-0.2, 0) is 6.42 Å². The number of benzene rings is 1. The molecule has 1 atom stereocenters. The lowest BCUT2D eigenvalue weighted by atomic mass is 9.90. The monoisotopic (exact) mass is 300 g/mol. The van der Waals surface area contributed by atoms with Crippen molar-refractivity contribution in [1.29, 1.82) is 0 Å². The van der Waals surface area contributed by atoms with E-state index >= 15 is 0 Å². The van der Waals surface area contributed by atoms with E-state index in [2.05, 4.69) is 55.7 Å². The van der Waals surface area contributed by atoms with Crippen molar-refractivity contribution in [1.82, 2.24) is 4.90 Å². The second kappa shape index (κ2) is 6.62. The van der Waals surface area contributed by atoms with Crippen molar-refractivity contribution in [3.63, 3.8) is 0 Å². The molecular formula is C20H32N2. The smallest absolute Gasteiger partial charge is 0.0402 e. The first-order chi connectivity index (χ1) is 10.6. The van der Waals surface area contributed by atoms with Gasteiger partial charge in [-0.3, -0.25) is 0 Å². The summed E-state index contributed by atoms with van der Waals surface area (Å²) >= 11 is 0. The molecule has 0 aliphatic carbocycles. The number of fused-ring (bicyclic) bond motifs is 1. The van der Waals surface area contributed by atoms with Crippen molar-refractivity contribution in [3.05, 3.63) is 29.3 Å². The number of hydrogen-bond acceptors (Lipinski definition) is 2. The Balaban J connectivity index is 1.74. The molecule has 0 aromatic heterocycles. The molecule has 22 heavy (non-hydrogen) atoms. The zero-order valence-electron chi connectivity index (χ0n) is 14.8. The lowest BCUT2D eigenvalue weighted by molar-refractivity contribution is 0.230. The normalized spacial score (nSPS) is 23.2. The summed E-state index contributed by atoms with van der Waals surface area (Å²) in [6.07, 6.45) is 5.25. The van der Waals surface area contributed by atoms with Gasteiger partial charge in [-0.15, -0.1) is 0 Å². The maximum absolute atomic E-state index is 2.65. The van der Waals surface area contributed by atoms with Crippen molar-refractivity contribution in [2.75, 3.05) is 24.5 Å². The second-order valence-corrected chi connectivity index (χ2v) is 7.68. The van der Waals surface area contributed by atoms with E-state index in [0.717, 1.165) is 5.92 Å². The van der Waals surface area contributed by atoms with E-state index in [1.807, 2.05) is 0 Å². The van der Waals surface area contributed by atoms with Gasteiger partial charge < -0.3 is 9.80 Å². The molecule has 1 unspecified atom stereocenters. The lowest BCUT2D eigenvalue weighted by Gasteiger charge is -2.25. The number of rotatable bonds is 3. The highest BCUT2D eigenvalue weighted by Crippen LogP contribution is 2.35. The predicted octanol–water partition coefficient (Wildman–Crippen LogP) is 4.44. The summed E-state index contributed by atoms with van der Waals surface area (Å²) in [6.45, 7) is 13.0. The van der Waals surface area contributed by atoms with E-state index in [9.17, 15) is 0 Å². The van der Waals surface area contributed by atoms with Crippen LogP contribution in [0.1, 0.15) is 64.0 Å². The first kappa shape index (κ1) is 15.9. The highest BCUT2D eigenvalue weighted by atomic mass is 15.2. The van der Waals surface area contributed by atoms with Gasteiger partial charge in [0.05, 0.1) is 0 Å². The fourth-order valence-electron chi connectivity index (χ4n) is 4.21. The SMILES string of the molecule is CC(C)N1CCCC(c2ccc3c(c2)CCN3C(C)C)CC1. The average Bonchev–Trinajstić information content (AvgIpc) is 2.75. The maximum atomic E-state index is 2.65. The van der Waals surface area contributed by atoms with Crippen LogP contribution < -0.4 is 4.90 Å². The molecule has 122 valence electrons. The number of hydrogen-bond donors (Lipinski definition) is 0. The first-order valence-corrected chi connectivity index (χ1v) is 9.19. The second-order valence-electron chi connectivity index (χ2n) is 7.68. The van der Waals surface area contributed by atoms with Crippen molar-refractivity contribution in [2.45, 2.75) is 71.4 Å². The van der Waals surface area contributed by atoms with Crippen LogP contribution >= 0.6 is 0 Å². The van der Waals surface area contributed by atoms with Gasteiger partial charge in [0.15, 0.2) is 0 Å². The summed E-state index contributed by atoms with van der Waals surface area (Å²) in [6, 6.07) is 8.63. The van der Waals surface area contributed by atoms with E-state index < -0.39 is 0 Å². The Bertz CT molecular complexity index is 506. The molecule has 0 N–H and O–H groups in total. The minimum Gasteiger partial charge on any atom is -0.369 e. The minimum absolute atomic E-state index is 0.615. The van der Waals surface area contributed by atoms with Crippen LogP contribution in [0.15, 0.2) is 18.2 Å². The lowest BCUT2D eigenvalue weighted by Crippen LogP contribution is -2.31. The Morgan fingerprint density at radius 1 is 0.955 bits per heavy atom. The van der Waals surface area contributed by atoms with Crippen LogP contribution in [0.2, 0.25) is 0 Å². The number of nitrogens with zero attached hydrogens (tertiary/aromatic N) is 2. The highest BCUT2D eigenvalue weighted by molar-refractivity contribution is 5.60. The van der Waals surface area contributed by atoms with E-state index in [-0.39, 0.29) is 0 Å². The molecule has 0 bridgehead atoms. The highest BCUT2D eigenvalue weighted by Gasteiger charge is 2.24. The Labute approximate surface area is 136 Å². The molecule has 0 spiro atoms. The zero-order valence-corrected chi connectivity index (χ0v) is 14.8. The van der Waals surface area contributed by atoms with Crippen LogP contribution in [0.25, 0.3) is 0 Å². The summed E-state index contributed by atoms with van der Waals surface area (Å²) in [5.41, 5.74) is 4.65. The molecular weight excluding hydrogens is 268 g/mol. The largest absolute Gasteiger partial charge is 0.369 e. The summed E-state index contributed by atoms with van der Waals surface area (Å²) in [5, 5.41) is 0. The van der Waals surface area contributed by atoms with E-state index in [0.29, 0.717) is 12.1 Å². The van der Waals surface area contributed by atoms with Crippen molar-refractivity contribution in [3.8, 4) is 0 Å². The summed E-state index contributed by atoms with van der Waals surface area (Å²) in [5.74, 6) is 0.766. The molecule has 2 heteroatoms. The summed E-state index contributed by atoms with van der Waals surface area (Å²) < 4.78 is 0. The average molecular weight is 300 g/mol. The van der Waals surface area contributed by atoms with Gasteiger partial charge in [-0.25, -0.2) is 0 Å². The summed E-state index contributed by atoms with van der Waals surface area (Å²) in [4.78, 5) is 5.20. The quantitative estimate of drug-likeness (QED) is 0.814. The van der Waals surface area contributed by atoms with E-state index in [1.54, 1.807) is 11.1 Å². The van der Waals surface area contributed by atoms with Crippen LogP contribution in [0.3, 0.4) is 0 Å². The van der Waals surface area contributed by atoms with Crippen molar-refractivity contribution < 1.29 is 0 Å². The number of likely N-dealkylation sites (tertiary alicyclic amines) is 1. The molecule has 0 saturated carbocycles. The topological polar surface area (TPSA) is 6.48 Å². The molecule has 2 aliphatic heterocycles. The predicted molar refractivity (Wildman–Crippen MR) is 95.9 cm³/mol. The molecule has 2 aliphatic rings. The third kappa shape index (κ3) is 3.17. The van der Waals surface area contributed by atoms with E-state index in [4.69, 9.17) is 0 Å². The van der Waals surface area contributed by atoms with Gasteiger partial charge in [-0.2, -0.15) is 0 Å². The van der Waals surface area contributed by atoms with Crippen molar-refractivity contribution >= 4 is 5.69 Å². The molecule has 2 heterocycles. The van der Waals surface area contributed by atoms with Crippen LogP contribution in [0.5, 0.6) is 0 Å². The Kier molecular flexibility index (Phi) is 4.77. The minimum atomic E-state index is 0.615. The fourth-order valence-corrected chi connectivity index (χ4v) is 4.21. The Morgan fingerprint density at radius 3 is 2.50 bits per heavy atom. The molecule has 0 amide bonds. The first-order valence-electron chi connectivity index (χ1n) is 9.19. The van der Waals surface area contributed by atoms with Gasteiger partial charge in [-0.1, -0.05) is 12.1 Å². The standard InChI is InChI=1S/C20H32N2/c1-15(2)21-11-5-6-17(9-12-21)18-7-8-20-19(14-18)10-13-22(20)16(3)4/h7-8,14-17H,5-6,9-13H2,1-4H3. The molecule has 1 aromatic rings. The Morgan fingerprint density at radius 2 is 1.77 bits per heavy atom. The molecule has 1 fully saturated rings. The molecule has 1 aromatic carbocycles. The third-order valence-corrected chi connectivity index (χ3v) is 5.62. The van der Waals surface area contributed by atoms with Gasteiger partial charge in [-0.05, 0) is 89.6 Å². The van der Waals surface area contributed by atoms with Crippen molar-refractivity contribution in [2.24, 2.45) is 0 Å². The Hall–Kier alpha value is -1.02. The fraction of sp³-hybridized carbons (Fsp3) is 0.700. The van der Waals surface area contributed by atoms with Crippen LogP contribution in [-0.4, -0.2) is 36.6 Å². The van der Waals surface area contributed by atoms with Gasteiger partial charge in [0.25, 0.3) is 0 Å². The summed E-state index contributed by atoms with van der Waals surface area (Å²) in [7, 11) is 0. The maximum Gasteiger partial charge on any atom is 0.0402 e. The van der Waals surface area contributed by atoms with Gasteiger partial charge in [0.1, 0.15) is 0 Å². The van der Waals surface area contributed by atoms with Crippen LogP contribution in [0.4, 0.5) is 5.69 Å². The van der Waals surface area contributed by atoms with Gasteiger partial charge in [0, 0.05) is 24.3 Å². The van der Waals surface area contributed by atoms with Gasteiger partial charge >= 0.3 is 0 Å². The number of anilines is 1.